The van der Waals surface area contributed by atoms with E-state index < -0.39 is 11.5 Å². The lowest BCUT2D eigenvalue weighted by molar-refractivity contribution is -0.143. The molecule has 0 aliphatic heterocycles. The lowest BCUT2D eigenvalue weighted by Crippen LogP contribution is -2.42. The van der Waals surface area contributed by atoms with Crippen LogP contribution >= 0.6 is 0 Å². The second kappa shape index (κ2) is 2.86. The third-order valence-corrected chi connectivity index (χ3v) is 1.54. The Labute approximate surface area is 69.3 Å². The van der Waals surface area contributed by atoms with Crippen molar-refractivity contribution in [3.63, 3.8) is 0 Å². The van der Waals surface area contributed by atoms with Crippen LogP contribution in [-0.2, 0) is 10.3 Å². The average Bonchev–Trinajstić information content (AvgIpc) is 2.06. The minimum absolute atomic E-state index is 0.248. The van der Waals surface area contributed by atoms with Gasteiger partial charge in [-0.25, -0.2) is 4.79 Å². The standard InChI is InChI=1S/C7H9N3O2/c1-7(8,6(11)12)5-4-9-2-3-10-5/h2-4H,8H2,1H3,(H,11,12)/t7-/m1/s1. The van der Waals surface area contributed by atoms with Gasteiger partial charge < -0.3 is 10.8 Å². The predicted octanol–water partition coefficient (Wildman–Crippen LogP) is -0.265. The fraction of sp³-hybridized carbons (Fsp3) is 0.286. The van der Waals surface area contributed by atoms with Crippen molar-refractivity contribution in [1.29, 1.82) is 0 Å². The number of rotatable bonds is 2. The van der Waals surface area contributed by atoms with E-state index in [1.165, 1.54) is 25.5 Å². The molecule has 1 rings (SSSR count). The summed E-state index contributed by atoms with van der Waals surface area (Å²) in [5.74, 6) is -1.12. The van der Waals surface area contributed by atoms with E-state index in [0.717, 1.165) is 0 Å². The Hall–Kier alpha value is -1.49. The Morgan fingerprint density at radius 3 is 2.75 bits per heavy atom. The van der Waals surface area contributed by atoms with E-state index in [0.29, 0.717) is 0 Å². The van der Waals surface area contributed by atoms with E-state index in [2.05, 4.69) is 9.97 Å². The van der Waals surface area contributed by atoms with Gasteiger partial charge in [-0.15, -0.1) is 0 Å². The van der Waals surface area contributed by atoms with Gasteiger partial charge in [-0.3, -0.25) is 9.97 Å². The summed E-state index contributed by atoms with van der Waals surface area (Å²) >= 11 is 0. The average molecular weight is 167 g/mol. The summed E-state index contributed by atoms with van der Waals surface area (Å²) in [6.07, 6.45) is 4.21. The van der Waals surface area contributed by atoms with Crippen LogP contribution in [0, 0.1) is 0 Å². The molecule has 0 radical (unpaired) electrons. The quantitative estimate of drug-likeness (QED) is 0.633. The van der Waals surface area contributed by atoms with Crippen molar-refractivity contribution in [2.75, 3.05) is 0 Å². The van der Waals surface area contributed by atoms with Crippen LogP contribution < -0.4 is 5.73 Å². The van der Waals surface area contributed by atoms with Crippen molar-refractivity contribution in [1.82, 2.24) is 9.97 Å². The monoisotopic (exact) mass is 167 g/mol. The molecule has 0 aliphatic rings. The van der Waals surface area contributed by atoms with Gasteiger partial charge in [0.2, 0.25) is 0 Å². The number of carbonyl (C=O) groups is 1. The molecule has 0 bridgehead atoms. The fourth-order valence-electron chi connectivity index (χ4n) is 0.677. The minimum Gasteiger partial charge on any atom is -0.480 e. The number of carboxylic acids is 1. The van der Waals surface area contributed by atoms with Gasteiger partial charge in [-0.2, -0.15) is 0 Å². The van der Waals surface area contributed by atoms with E-state index in [9.17, 15) is 4.79 Å². The smallest absolute Gasteiger partial charge is 0.329 e. The molecule has 1 heterocycles. The SMILES string of the molecule is C[C@](N)(C(=O)O)c1cnccn1. The van der Waals surface area contributed by atoms with Gasteiger partial charge >= 0.3 is 5.97 Å². The molecule has 5 nitrogen and oxygen atoms in total. The lowest BCUT2D eigenvalue weighted by Gasteiger charge is -2.16. The predicted molar refractivity (Wildman–Crippen MR) is 41.2 cm³/mol. The first kappa shape index (κ1) is 8.61. The van der Waals surface area contributed by atoms with Crippen LogP contribution in [0.2, 0.25) is 0 Å². The summed E-state index contributed by atoms with van der Waals surface area (Å²) < 4.78 is 0. The fourth-order valence-corrected chi connectivity index (χ4v) is 0.677. The molecule has 64 valence electrons. The molecule has 1 atom stereocenters. The molecule has 0 amide bonds. The van der Waals surface area contributed by atoms with Crippen LogP contribution in [0.25, 0.3) is 0 Å². The van der Waals surface area contributed by atoms with Crippen molar-refractivity contribution >= 4 is 5.97 Å². The molecule has 0 unspecified atom stereocenters. The highest BCUT2D eigenvalue weighted by molar-refractivity contribution is 5.78. The second-order valence-corrected chi connectivity index (χ2v) is 2.60. The third-order valence-electron chi connectivity index (χ3n) is 1.54. The Balaban J connectivity index is 3.06. The van der Waals surface area contributed by atoms with E-state index >= 15 is 0 Å². The van der Waals surface area contributed by atoms with Gasteiger partial charge in [0.1, 0.15) is 0 Å². The second-order valence-electron chi connectivity index (χ2n) is 2.60. The van der Waals surface area contributed by atoms with Crippen molar-refractivity contribution in [3.05, 3.63) is 24.3 Å². The summed E-state index contributed by atoms with van der Waals surface area (Å²) in [7, 11) is 0. The van der Waals surface area contributed by atoms with Crippen LogP contribution in [0.1, 0.15) is 12.6 Å². The van der Waals surface area contributed by atoms with Crippen molar-refractivity contribution in [2.45, 2.75) is 12.5 Å². The number of carboxylic acid groups (broad SMARTS) is 1. The Morgan fingerprint density at radius 1 is 1.67 bits per heavy atom. The van der Waals surface area contributed by atoms with Crippen molar-refractivity contribution < 1.29 is 9.90 Å². The number of hydrogen-bond acceptors (Lipinski definition) is 4. The molecular formula is C7H9N3O2. The zero-order valence-corrected chi connectivity index (χ0v) is 6.56. The zero-order chi connectivity index (χ0) is 9.19. The van der Waals surface area contributed by atoms with E-state index in [-0.39, 0.29) is 5.69 Å². The molecule has 0 saturated carbocycles. The molecule has 0 aromatic carbocycles. The lowest BCUT2D eigenvalue weighted by atomic mass is 10.0. The molecule has 1 aromatic rings. The summed E-state index contributed by atoms with van der Waals surface area (Å²) in [5, 5.41) is 8.70. The molecule has 12 heavy (non-hydrogen) atoms. The number of hydrogen-bond donors (Lipinski definition) is 2. The largest absolute Gasteiger partial charge is 0.480 e. The molecular weight excluding hydrogens is 158 g/mol. The van der Waals surface area contributed by atoms with Crippen LogP contribution in [0.15, 0.2) is 18.6 Å². The first-order valence-corrected chi connectivity index (χ1v) is 3.34. The summed E-state index contributed by atoms with van der Waals surface area (Å²) in [6.45, 7) is 1.37. The van der Waals surface area contributed by atoms with Gasteiger partial charge in [-0.05, 0) is 6.92 Å². The van der Waals surface area contributed by atoms with Crippen molar-refractivity contribution in [3.8, 4) is 0 Å². The molecule has 0 aliphatic carbocycles. The van der Waals surface area contributed by atoms with E-state index in [1.807, 2.05) is 0 Å². The number of aliphatic carboxylic acids is 1. The van der Waals surface area contributed by atoms with Crippen LogP contribution in [0.3, 0.4) is 0 Å². The van der Waals surface area contributed by atoms with E-state index in [4.69, 9.17) is 10.8 Å². The normalized spacial score (nSPS) is 15.2. The molecule has 5 heteroatoms. The Kier molecular flexibility index (Phi) is 2.05. The van der Waals surface area contributed by atoms with Gasteiger partial charge in [0, 0.05) is 12.4 Å². The van der Waals surface area contributed by atoms with Gasteiger partial charge in [0.05, 0.1) is 11.9 Å². The number of nitrogens with zero attached hydrogens (tertiary/aromatic N) is 2. The van der Waals surface area contributed by atoms with Crippen LogP contribution in [-0.4, -0.2) is 21.0 Å². The van der Waals surface area contributed by atoms with Crippen LogP contribution in [0.4, 0.5) is 0 Å². The summed E-state index contributed by atoms with van der Waals surface area (Å²) in [6, 6.07) is 0. The van der Waals surface area contributed by atoms with Gasteiger partial charge in [-0.1, -0.05) is 0 Å². The maximum Gasteiger partial charge on any atom is 0.329 e. The summed E-state index contributed by atoms with van der Waals surface area (Å²) in [4.78, 5) is 18.2. The highest BCUT2D eigenvalue weighted by Crippen LogP contribution is 2.12. The third kappa shape index (κ3) is 1.40. The number of aromatic nitrogens is 2. The molecule has 1 aromatic heterocycles. The van der Waals surface area contributed by atoms with Gasteiger partial charge in [0.15, 0.2) is 5.54 Å². The van der Waals surface area contributed by atoms with Crippen LogP contribution in [0.5, 0.6) is 0 Å². The Morgan fingerprint density at radius 2 is 2.33 bits per heavy atom. The molecule has 3 N–H and O–H groups in total. The van der Waals surface area contributed by atoms with Crippen molar-refractivity contribution in [2.24, 2.45) is 5.73 Å². The van der Waals surface area contributed by atoms with E-state index in [1.54, 1.807) is 0 Å². The Bertz CT molecular complexity index is 284. The zero-order valence-electron chi connectivity index (χ0n) is 6.56. The highest BCUT2D eigenvalue weighted by Gasteiger charge is 2.31. The molecule has 0 fully saturated rings. The first-order valence-electron chi connectivity index (χ1n) is 3.34. The molecule has 0 spiro atoms. The summed E-state index contributed by atoms with van der Waals surface area (Å²) in [5.41, 5.74) is 4.26. The topological polar surface area (TPSA) is 89.1 Å². The highest BCUT2D eigenvalue weighted by atomic mass is 16.4. The maximum absolute atomic E-state index is 10.6. The minimum atomic E-state index is -1.46. The number of nitrogens with two attached hydrogens (primary N) is 1. The maximum atomic E-state index is 10.6. The molecule has 0 saturated heterocycles. The first-order chi connectivity index (χ1) is 5.55. The van der Waals surface area contributed by atoms with Gasteiger partial charge in [0.25, 0.3) is 0 Å².